The number of allylic oxidation sites excluding steroid dienone is 5. The fourth-order valence-corrected chi connectivity index (χ4v) is 4.54. The Balaban J connectivity index is 1.74. The lowest BCUT2D eigenvalue weighted by Gasteiger charge is -2.13. The van der Waals surface area contributed by atoms with E-state index in [1.54, 1.807) is 36.4 Å². The summed E-state index contributed by atoms with van der Waals surface area (Å²) in [4.78, 5) is 12.8. The highest BCUT2D eigenvalue weighted by Gasteiger charge is 2.16. The third-order valence-electron chi connectivity index (χ3n) is 4.78. The number of sulfonamides is 1. The van der Waals surface area contributed by atoms with Crippen molar-refractivity contribution in [3.8, 4) is 17.1 Å². The molecule has 0 atom stereocenters. The van der Waals surface area contributed by atoms with E-state index in [2.05, 4.69) is 10.2 Å². The predicted octanol–water partition coefficient (Wildman–Crippen LogP) is 1.47. The smallest absolute Gasteiger partial charge is 0.231 e. The van der Waals surface area contributed by atoms with Gasteiger partial charge in [-0.25, -0.2) is 31.3 Å². The Hall–Kier alpha value is -3.61. The SMILES string of the molecule is CS(=O)(=O)c1cccc(-n2ccc(=O)c(-c3ccnn3C3=CC/C(=C\S(N)(=O)=O)C=C3)n2)c1. The van der Waals surface area contributed by atoms with E-state index in [4.69, 9.17) is 5.14 Å². The van der Waals surface area contributed by atoms with Crippen LogP contribution in [0.3, 0.4) is 0 Å². The summed E-state index contributed by atoms with van der Waals surface area (Å²) in [5, 5.41) is 14.7. The molecule has 0 bridgehead atoms. The van der Waals surface area contributed by atoms with Crippen LogP contribution in [0, 0.1) is 0 Å². The fourth-order valence-electron chi connectivity index (χ4n) is 3.28. The Morgan fingerprint density at radius 1 is 1.09 bits per heavy atom. The average molecular weight is 486 g/mol. The summed E-state index contributed by atoms with van der Waals surface area (Å²) in [6, 6.07) is 9.20. The molecule has 0 amide bonds. The summed E-state index contributed by atoms with van der Waals surface area (Å²) in [6.45, 7) is 0. The molecule has 0 saturated heterocycles. The Bertz CT molecular complexity index is 1610. The van der Waals surface area contributed by atoms with Gasteiger partial charge in [0, 0.05) is 23.9 Å². The van der Waals surface area contributed by atoms with Gasteiger partial charge in [-0.05, 0) is 42.3 Å². The van der Waals surface area contributed by atoms with Gasteiger partial charge < -0.3 is 0 Å². The first-order chi connectivity index (χ1) is 15.5. The first-order valence-corrected chi connectivity index (χ1v) is 13.1. The summed E-state index contributed by atoms with van der Waals surface area (Å²) < 4.78 is 49.3. The Morgan fingerprint density at radius 2 is 1.88 bits per heavy atom. The monoisotopic (exact) mass is 485 g/mol. The molecule has 170 valence electrons. The second-order valence-electron chi connectivity index (χ2n) is 7.32. The highest BCUT2D eigenvalue weighted by atomic mass is 32.2. The lowest BCUT2D eigenvalue weighted by atomic mass is 10.1. The summed E-state index contributed by atoms with van der Waals surface area (Å²) in [5.41, 5.74) is 1.80. The van der Waals surface area contributed by atoms with E-state index < -0.39 is 19.9 Å². The minimum Gasteiger partial charge on any atom is -0.287 e. The minimum absolute atomic E-state index is 0.111. The molecule has 1 aromatic carbocycles. The molecule has 3 aromatic rings. The van der Waals surface area contributed by atoms with Crippen molar-refractivity contribution in [2.75, 3.05) is 6.26 Å². The van der Waals surface area contributed by atoms with Gasteiger partial charge in [-0.3, -0.25) is 4.79 Å². The van der Waals surface area contributed by atoms with Crippen LogP contribution in [0.1, 0.15) is 6.42 Å². The average Bonchev–Trinajstić information content (AvgIpc) is 3.22. The zero-order valence-corrected chi connectivity index (χ0v) is 19.0. The molecule has 0 spiro atoms. The van der Waals surface area contributed by atoms with Crippen molar-refractivity contribution >= 4 is 25.6 Å². The van der Waals surface area contributed by atoms with E-state index in [9.17, 15) is 21.6 Å². The molecule has 2 aromatic heterocycles. The summed E-state index contributed by atoms with van der Waals surface area (Å²) >= 11 is 0. The number of hydrogen-bond donors (Lipinski definition) is 1. The van der Waals surface area contributed by atoms with E-state index >= 15 is 0 Å². The van der Waals surface area contributed by atoms with Gasteiger partial charge in [0.05, 0.1) is 28.2 Å². The van der Waals surface area contributed by atoms with Gasteiger partial charge in [0.15, 0.2) is 15.5 Å². The second kappa shape index (κ2) is 8.39. The highest BCUT2D eigenvalue weighted by molar-refractivity contribution is 7.92. The maximum atomic E-state index is 12.6. The van der Waals surface area contributed by atoms with Crippen molar-refractivity contribution in [3.63, 3.8) is 0 Å². The second-order valence-corrected chi connectivity index (χ2v) is 10.7. The van der Waals surface area contributed by atoms with Crippen molar-refractivity contribution in [3.05, 3.63) is 88.2 Å². The first kappa shape index (κ1) is 22.6. The van der Waals surface area contributed by atoms with Gasteiger partial charge >= 0.3 is 0 Å². The maximum Gasteiger partial charge on any atom is 0.231 e. The number of sulfone groups is 1. The van der Waals surface area contributed by atoms with Crippen LogP contribution in [0.4, 0.5) is 0 Å². The van der Waals surface area contributed by atoms with Crippen LogP contribution in [-0.4, -0.2) is 42.7 Å². The van der Waals surface area contributed by atoms with Gasteiger partial charge in [-0.2, -0.15) is 10.2 Å². The maximum absolute atomic E-state index is 12.6. The Kier molecular flexibility index (Phi) is 5.74. The van der Waals surface area contributed by atoms with E-state index in [1.807, 2.05) is 0 Å². The molecule has 1 aliphatic rings. The quantitative estimate of drug-likeness (QED) is 0.575. The summed E-state index contributed by atoms with van der Waals surface area (Å²) in [6.07, 6.45) is 9.42. The van der Waals surface area contributed by atoms with E-state index in [-0.39, 0.29) is 16.0 Å². The molecular weight excluding hydrogens is 466 g/mol. The number of nitrogens with two attached hydrogens (primary N) is 1. The van der Waals surface area contributed by atoms with Crippen molar-refractivity contribution in [1.29, 1.82) is 0 Å². The minimum atomic E-state index is -3.75. The number of hydrogen-bond acceptors (Lipinski definition) is 7. The molecule has 0 saturated carbocycles. The summed E-state index contributed by atoms with van der Waals surface area (Å²) in [5.74, 6) is 0. The van der Waals surface area contributed by atoms with Crippen LogP contribution in [0.5, 0.6) is 0 Å². The topological polar surface area (TPSA) is 147 Å². The van der Waals surface area contributed by atoms with Crippen LogP contribution >= 0.6 is 0 Å². The Morgan fingerprint density at radius 3 is 2.55 bits per heavy atom. The normalized spacial score (nSPS) is 15.6. The first-order valence-electron chi connectivity index (χ1n) is 9.58. The van der Waals surface area contributed by atoms with Gasteiger partial charge in [-0.1, -0.05) is 18.2 Å². The van der Waals surface area contributed by atoms with Crippen LogP contribution < -0.4 is 10.6 Å². The van der Waals surface area contributed by atoms with Crippen molar-refractivity contribution in [2.24, 2.45) is 5.14 Å². The number of rotatable bonds is 5. The van der Waals surface area contributed by atoms with Crippen LogP contribution in [0.15, 0.2) is 87.7 Å². The van der Waals surface area contributed by atoms with Crippen molar-refractivity contribution < 1.29 is 16.8 Å². The zero-order valence-electron chi connectivity index (χ0n) is 17.4. The highest BCUT2D eigenvalue weighted by Crippen LogP contribution is 2.24. The number of aromatic nitrogens is 4. The number of primary sulfonamides is 1. The lowest BCUT2D eigenvalue weighted by Crippen LogP contribution is -2.15. The third kappa shape index (κ3) is 5.08. The molecule has 0 fully saturated rings. The molecule has 2 heterocycles. The van der Waals surface area contributed by atoms with Gasteiger partial charge in [0.25, 0.3) is 0 Å². The van der Waals surface area contributed by atoms with Gasteiger partial charge in [0.2, 0.25) is 15.5 Å². The van der Waals surface area contributed by atoms with E-state index in [0.29, 0.717) is 29.1 Å². The molecule has 2 N–H and O–H groups in total. The number of benzene rings is 1. The molecule has 0 aliphatic heterocycles. The molecule has 10 nitrogen and oxygen atoms in total. The predicted molar refractivity (Wildman–Crippen MR) is 123 cm³/mol. The largest absolute Gasteiger partial charge is 0.287 e. The van der Waals surface area contributed by atoms with E-state index in [0.717, 1.165) is 11.7 Å². The van der Waals surface area contributed by atoms with Crippen LogP contribution in [-0.2, 0) is 19.9 Å². The Labute approximate surface area is 190 Å². The third-order valence-corrected chi connectivity index (χ3v) is 6.52. The zero-order chi connectivity index (χ0) is 23.8. The molecule has 1 aliphatic carbocycles. The van der Waals surface area contributed by atoms with Gasteiger partial charge in [-0.15, -0.1) is 0 Å². The van der Waals surface area contributed by atoms with Crippen LogP contribution in [0.2, 0.25) is 0 Å². The molecular formula is C21H19N5O5S2. The fraction of sp³-hybridized carbons (Fsp3) is 0.0952. The molecule has 4 rings (SSSR count). The number of nitrogens with zero attached hydrogens (tertiary/aromatic N) is 4. The molecule has 0 unspecified atom stereocenters. The molecule has 33 heavy (non-hydrogen) atoms. The lowest BCUT2D eigenvalue weighted by molar-refractivity contribution is 0.601. The van der Waals surface area contributed by atoms with Crippen molar-refractivity contribution in [2.45, 2.75) is 11.3 Å². The van der Waals surface area contributed by atoms with Gasteiger partial charge in [0.1, 0.15) is 0 Å². The summed E-state index contributed by atoms with van der Waals surface area (Å²) in [7, 11) is -7.17. The molecule has 12 heteroatoms. The molecule has 0 radical (unpaired) electrons. The van der Waals surface area contributed by atoms with Crippen molar-refractivity contribution in [1.82, 2.24) is 19.6 Å². The van der Waals surface area contributed by atoms with Crippen LogP contribution in [0.25, 0.3) is 22.8 Å². The van der Waals surface area contributed by atoms with E-state index in [1.165, 1.54) is 40.0 Å². The standard InChI is InChI=1S/C21H19N5O5S2/c1-32(28,29)18-4-2-3-17(13-18)25-12-10-20(27)21(24-25)19-9-11-23-26(19)16-7-5-15(6-8-16)14-33(22,30)31/h2-5,7-14H,6H2,1H3,(H2,22,30,31)/b15-14-.